The summed E-state index contributed by atoms with van der Waals surface area (Å²) in [5.74, 6) is -0.781. The Balaban J connectivity index is 1.37. The average molecular weight is 555 g/mol. The highest BCUT2D eigenvalue weighted by Crippen LogP contribution is 2.30. The molecule has 4 amide bonds. The fourth-order valence-electron chi connectivity index (χ4n) is 4.24. The minimum Gasteiger partial charge on any atom is -0.488 e. The third kappa shape index (κ3) is 5.04. The fourth-order valence-corrected chi connectivity index (χ4v) is 4.75. The Hall–Kier alpha value is -4.23. The van der Waals surface area contributed by atoms with Crippen molar-refractivity contribution in [2.45, 2.75) is 20.0 Å². The second-order valence-corrected chi connectivity index (χ2v) is 9.45. The lowest BCUT2D eigenvalue weighted by Crippen LogP contribution is -2.54. The van der Waals surface area contributed by atoms with Crippen molar-refractivity contribution in [2.24, 2.45) is 0 Å². The van der Waals surface area contributed by atoms with Crippen LogP contribution in [-0.4, -0.2) is 17.8 Å². The summed E-state index contributed by atoms with van der Waals surface area (Å²) in [6.45, 7) is 2.40. The zero-order valence-corrected chi connectivity index (χ0v) is 21.6. The first-order valence-corrected chi connectivity index (χ1v) is 12.6. The van der Waals surface area contributed by atoms with Crippen molar-refractivity contribution in [3.8, 4) is 5.75 Å². The third-order valence-electron chi connectivity index (χ3n) is 6.23. The number of anilines is 1. The Bertz CT molecular complexity index is 1550. The van der Waals surface area contributed by atoms with E-state index in [1.54, 1.807) is 30.3 Å². The van der Waals surface area contributed by atoms with Gasteiger partial charge in [0.1, 0.15) is 17.9 Å². The molecule has 0 radical (unpaired) electrons. The molecule has 1 heterocycles. The van der Waals surface area contributed by atoms with E-state index in [0.717, 1.165) is 33.2 Å². The van der Waals surface area contributed by atoms with Crippen LogP contribution in [0.25, 0.3) is 16.8 Å². The zero-order chi connectivity index (χ0) is 25.9. The van der Waals surface area contributed by atoms with Crippen LogP contribution in [0.15, 0.2) is 95.0 Å². The van der Waals surface area contributed by atoms with Gasteiger partial charge in [0.25, 0.3) is 11.8 Å². The van der Waals surface area contributed by atoms with Gasteiger partial charge >= 0.3 is 6.03 Å². The lowest BCUT2D eigenvalue weighted by atomic mass is 10.1. The number of fused-ring (bicyclic) bond motifs is 1. The van der Waals surface area contributed by atoms with Gasteiger partial charge in [-0.05, 0) is 80.2 Å². The van der Waals surface area contributed by atoms with Crippen LogP contribution >= 0.6 is 15.9 Å². The second-order valence-electron chi connectivity index (χ2n) is 8.59. The number of benzene rings is 4. The van der Waals surface area contributed by atoms with Gasteiger partial charge in [0.15, 0.2) is 0 Å². The van der Waals surface area contributed by atoms with E-state index in [4.69, 9.17) is 4.74 Å². The summed E-state index contributed by atoms with van der Waals surface area (Å²) in [5, 5.41) is 4.54. The predicted molar refractivity (Wildman–Crippen MR) is 147 cm³/mol. The van der Waals surface area contributed by atoms with Gasteiger partial charge in [-0.15, -0.1) is 0 Å². The molecule has 1 saturated heterocycles. The number of nitrogens with one attached hydrogen (secondary N) is 1. The Morgan fingerprint density at radius 3 is 2.43 bits per heavy atom. The van der Waals surface area contributed by atoms with Gasteiger partial charge in [-0.1, -0.05) is 67.6 Å². The number of urea groups is 1. The van der Waals surface area contributed by atoms with Crippen molar-refractivity contribution < 1.29 is 19.1 Å². The molecule has 0 aromatic heterocycles. The minimum atomic E-state index is -0.769. The van der Waals surface area contributed by atoms with Gasteiger partial charge in [0, 0.05) is 0 Å². The summed E-state index contributed by atoms with van der Waals surface area (Å²) in [7, 11) is 0. The Labute approximate surface area is 222 Å². The van der Waals surface area contributed by atoms with Crippen molar-refractivity contribution >= 4 is 56.3 Å². The van der Waals surface area contributed by atoms with Gasteiger partial charge in [-0.2, -0.15) is 0 Å². The maximum atomic E-state index is 13.2. The van der Waals surface area contributed by atoms with E-state index in [1.807, 2.05) is 43.3 Å². The molecule has 1 fully saturated rings. The number of aryl methyl sites for hydroxylation is 1. The first-order chi connectivity index (χ1) is 17.9. The van der Waals surface area contributed by atoms with Crippen LogP contribution in [0.2, 0.25) is 0 Å². The van der Waals surface area contributed by atoms with Gasteiger partial charge in [0.05, 0.1) is 10.2 Å². The standard InChI is InChI=1S/C30H23BrN2O4/c1-2-19-10-13-23(14-11-19)33-29(35)25(28(34)32-30(33)36)16-20-12-15-27(26(31)17-20)37-18-22-8-5-7-21-6-3-4-9-24(21)22/h3-17H,2,18H2,1H3,(H,32,34,36)/b25-16-. The van der Waals surface area contributed by atoms with E-state index < -0.39 is 17.8 Å². The average Bonchev–Trinajstić information content (AvgIpc) is 2.91. The molecule has 0 aliphatic carbocycles. The van der Waals surface area contributed by atoms with E-state index in [1.165, 1.54) is 6.08 Å². The van der Waals surface area contributed by atoms with Crippen LogP contribution < -0.4 is 15.0 Å². The number of carbonyl (C=O) groups is 3. The maximum Gasteiger partial charge on any atom is 0.335 e. The highest BCUT2D eigenvalue weighted by atomic mass is 79.9. The normalized spacial score (nSPS) is 14.8. The summed E-state index contributed by atoms with van der Waals surface area (Å²) in [4.78, 5) is 39.1. The van der Waals surface area contributed by atoms with E-state index in [-0.39, 0.29) is 5.57 Å². The number of hydrogen-bond acceptors (Lipinski definition) is 4. The third-order valence-corrected chi connectivity index (χ3v) is 6.85. The first-order valence-electron chi connectivity index (χ1n) is 11.8. The number of carbonyl (C=O) groups excluding carboxylic acids is 3. The monoisotopic (exact) mass is 554 g/mol. The molecule has 4 aromatic rings. The van der Waals surface area contributed by atoms with Gasteiger partial charge < -0.3 is 4.74 Å². The second kappa shape index (κ2) is 10.4. The molecular formula is C30H23BrN2O4. The number of hydrogen-bond donors (Lipinski definition) is 1. The molecule has 6 nitrogen and oxygen atoms in total. The maximum absolute atomic E-state index is 13.2. The van der Waals surface area contributed by atoms with Crippen LogP contribution in [0.1, 0.15) is 23.6 Å². The lowest BCUT2D eigenvalue weighted by Gasteiger charge is -2.26. The van der Waals surface area contributed by atoms with E-state index in [2.05, 4.69) is 39.4 Å². The van der Waals surface area contributed by atoms with E-state index in [9.17, 15) is 14.4 Å². The Morgan fingerprint density at radius 1 is 0.919 bits per heavy atom. The fraction of sp³-hybridized carbons (Fsp3) is 0.100. The number of rotatable bonds is 6. The predicted octanol–water partition coefficient (Wildman–Crippen LogP) is 6.41. The zero-order valence-electron chi connectivity index (χ0n) is 20.0. The topological polar surface area (TPSA) is 75.7 Å². The highest BCUT2D eigenvalue weighted by Gasteiger charge is 2.36. The first kappa shape index (κ1) is 24.5. The molecule has 1 aliphatic rings. The number of barbiturate groups is 1. The summed E-state index contributed by atoms with van der Waals surface area (Å²) >= 11 is 3.53. The Morgan fingerprint density at radius 2 is 1.68 bits per heavy atom. The number of halogens is 1. The SMILES string of the molecule is CCc1ccc(N2C(=O)NC(=O)/C(=C/c3ccc(OCc4cccc5ccccc45)c(Br)c3)C2=O)cc1. The molecule has 1 N–H and O–H groups in total. The molecule has 5 rings (SSSR count). The van der Waals surface area contributed by atoms with E-state index >= 15 is 0 Å². The van der Waals surface area contributed by atoms with Crippen LogP contribution in [-0.2, 0) is 22.6 Å². The molecule has 37 heavy (non-hydrogen) atoms. The summed E-state index contributed by atoms with van der Waals surface area (Å²) in [5.41, 5.74) is 3.02. The molecule has 0 spiro atoms. The summed E-state index contributed by atoms with van der Waals surface area (Å²) < 4.78 is 6.73. The molecule has 1 aliphatic heterocycles. The molecule has 7 heteroatoms. The number of amides is 4. The number of nitrogens with zero attached hydrogens (tertiary/aromatic N) is 1. The molecule has 4 aromatic carbocycles. The lowest BCUT2D eigenvalue weighted by molar-refractivity contribution is -0.122. The molecular weight excluding hydrogens is 532 g/mol. The van der Waals surface area contributed by atoms with Gasteiger partial charge in [0.2, 0.25) is 0 Å². The minimum absolute atomic E-state index is 0.129. The largest absolute Gasteiger partial charge is 0.488 e. The number of ether oxygens (including phenoxy) is 1. The smallest absolute Gasteiger partial charge is 0.335 e. The van der Waals surface area contributed by atoms with E-state index in [0.29, 0.717) is 28.1 Å². The van der Waals surface area contributed by atoms with Crippen LogP contribution in [0.4, 0.5) is 10.5 Å². The molecule has 0 saturated carbocycles. The van der Waals surface area contributed by atoms with Crippen molar-refractivity contribution in [3.63, 3.8) is 0 Å². The Kier molecular flexibility index (Phi) is 6.88. The molecule has 0 bridgehead atoms. The van der Waals surface area contributed by atoms with Gasteiger partial charge in [-0.25, -0.2) is 9.69 Å². The number of imide groups is 2. The van der Waals surface area contributed by atoms with Crippen molar-refractivity contribution in [2.75, 3.05) is 4.90 Å². The van der Waals surface area contributed by atoms with Crippen LogP contribution in [0.5, 0.6) is 5.75 Å². The molecule has 184 valence electrons. The molecule has 0 atom stereocenters. The van der Waals surface area contributed by atoms with Crippen LogP contribution in [0, 0.1) is 0 Å². The van der Waals surface area contributed by atoms with Crippen molar-refractivity contribution in [1.29, 1.82) is 0 Å². The van der Waals surface area contributed by atoms with Gasteiger partial charge in [-0.3, -0.25) is 14.9 Å². The summed E-state index contributed by atoms with van der Waals surface area (Å²) in [6.07, 6.45) is 2.30. The molecule has 0 unspecified atom stereocenters. The summed E-state index contributed by atoms with van der Waals surface area (Å²) in [6, 6.07) is 25.9. The highest BCUT2D eigenvalue weighted by molar-refractivity contribution is 9.10. The van der Waals surface area contributed by atoms with Crippen LogP contribution in [0.3, 0.4) is 0 Å². The van der Waals surface area contributed by atoms with Crippen molar-refractivity contribution in [3.05, 3.63) is 112 Å². The van der Waals surface area contributed by atoms with Crippen molar-refractivity contribution in [1.82, 2.24) is 5.32 Å². The quantitative estimate of drug-likeness (QED) is 0.220.